The number of benzene rings is 1. The number of hydrogen-bond acceptors (Lipinski definition) is 4. The van der Waals surface area contributed by atoms with Gasteiger partial charge in [-0.2, -0.15) is 0 Å². The van der Waals surface area contributed by atoms with Crippen molar-refractivity contribution in [3.63, 3.8) is 0 Å². The monoisotopic (exact) mass is 283 g/mol. The molecule has 0 aliphatic carbocycles. The van der Waals surface area contributed by atoms with E-state index in [0.717, 1.165) is 16.5 Å². The Morgan fingerprint density at radius 2 is 2.19 bits per heavy atom. The number of amides is 2. The van der Waals surface area contributed by atoms with Gasteiger partial charge in [0.05, 0.1) is 24.6 Å². The zero-order valence-corrected chi connectivity index (χ0v) is 11.9. The summed E-state index contributed by atoms with van der Waals surface area (Å²) >= 11 is 0. The largest absolute Gasteiger partial charge is 0.297 e. The Kier molecular flexibility index (Phi) is 3.66. The van der Waals surface area contributed by atoms with E-state index in [-0.39, 0.29) is 24.4 Å². The highest BCUT2D eigenvalue weighted by Crippen LogP contribution is 2.16. The number of aromatic nitrogens is 1. The minimum absolute atomic E-state index is 0.139. The standard InChI is InChI=1S/C16H17N3O2/c1-2-13-16(21)19(15(20)9-18-13)10-11-5-6-14-12(8-11)4-3-7-17-14/h3-8,13,18H,2,9-10H2,1H3. The minimum atomic E-state index is -0.259. The Bertz CT molecular complexity index is 699. The lowest BCUT2D eigenvalue weighted by Gasteiger charge is -2.31. The quantitative estimate of drug-likeness (QED) is 0.867. The molecule has 1 fully saturated rings. The molecule has 1 aromatic carbocycles. The van der Waals surface area contributed by atoms with Crippen LogP contribution >= 0.6 is 0 Å². The predicted molar refractivity (Wildman–Crippen MR) is 79.4 cm³/mol. The topological polar surface area (TPSA) is 62.3 Å². The van der Waals surface area contributed by atoms with E-state index in [1.54, 1.807) is 6.20 Å². The molecule has 5 heteroatoms. The lowest BCUT2D eigenvalue weighted by atomic mass is 10.1. The molecule has 0 bridgehead atoms. The van der Waals surface area contributed by atoms with E-state index < -0.39 is 0 Å². The molecule has 1 saturated heterocycles. The van der Waals surface area contributed by atoms with Gasteiger partial charge in [-0.3, -0.25) is 24.8 Å². The lowest BCUT2D eigenvalue weighted by Crippen LogP contribution is -2.57. The first-order chi connectivity index (χ1) is 10.2. The van der Waals surface area contributed by atoms with Gasteiger partial charge in [-0.15, -0.1) is 0 Å². The van der Waals surface area contributed by atoms with Gasteiger partial charge >= 0.3 is 0 Å². The van der Waals surface area contributed by atoms with Crippen molar-refractivity contribution in [2.75, 3.05) is 6.54 Å². The lowest BCUT2D eigenvalue weighted by molar-refractivity contribution is -0.150. The second-order valence-corrected chi connectivity index (χ2v) is 5.19. The normalized spacial score (nSPS) is 19.3. The molecule has 2 amide bonds. The second kappa shape index (κ2) is 5.61. The fraction of sp³-hybridized carbons (Fsp3) is 0.312. The molecule has 0 radical (unpaired) electrons. The Morgan fingerprint density at radius 1 is 1.33 bits per heavy atom. The number of pyridine rings is 1. The van der Waals surface area contributed by atoms with Gasteiger partial charge in [0, 0.05) is 11.6 Å². The summed E-state index contributed by atoms with van der Waals surface area (Å²) in [5.41, 5.74) is 1.85. The second-order valence-electron chi connectivity index (χ2n) is 5.19. The third kappa shape index (κ3) is 2.64. The van der Waals surface area contributed by atoms with Crippen molar-refractivity contribution in [1.82, 2.24) is 15.2 Å². The first-order valence-electron chi connectivity index (χ1n) is 7.10. The van der Waals surface area contributed by atoms with E-state index in [4.69, 9.17) is 0 Å². The van der Waals surface area contributed by atoms with Crippen molar-refractivity contribution in [3.05, 3.63) is 42.1 Å². The maximum absolute atomic E-state index is 12.3. The Balaban J connectivity index is 1.86. The summed E-state index contributed by atoms with van der Waals surface area (Å²) in [6.07, 6.45) is 2.43. The maximum Gasteiger partial charge on any atom is 0.246 e. The number of carbonyl (C=O) groups excluding carboxylic acids is 2. The molecule has 1 unspecified atom stereocenters. The highest BCUT2D eigenvalue weighted by molar-refractivity contribution is 6.01. The van der Waals surface area contributed by atoms with Gasteiger partial charge in [0.15, 0.2) is 0 Å². The van der Waals surface area contributed by atoms with Crippen molar-refractivity contribution < 1.29 is 9.59 Å². The Hall–Kier alpha value is -2.27. The fourth-order valence-corrected chi connectivity index (χ4v) is 2.60. The molecule has 1 atom stereocenters. The summed E-state index contributed by atoms with van der Waals surface area (Å²) < 4.78 is 0. The molecule has 2 heterocycles. The number of nitrogens with zero attached hydrogens (tertiary/aromatic N) is 2. The van der Waals surface area contributed by atoms with Crippen LogP contribution in [0.2, 0.25) is 0 Å². The van der Waals surface area contributed by atoms with Gasteiger partial charge < -0.3 is 0 Å². The van der Waals surface area contributed by atoms with Gasteiger partial charge in [-0.05, 0) is 30.2 Å². The van der Waals surface area contributed by atoms with Crippen molar-refractivity contribution in [3.8, 4) is 0 Å². The van der Waals surface area contributed by atoms with Crippen LogP contribution in [0.15, 0.2) is 36.5 Å². The molecule has 108 valence electrons. The van der Waals surface area contributed by atoms with Gasteiger partial charge in [0.1, 0.15) is 0 Å². The highest BCUT2D eigenvalue weighted by atomic mass is 16.2. The molecule has 1 aliphatic heterocycles. The van der Waals surface area contributed by atoms with E-state index in [1.807, 2.05) is 37.3 Å². The predicted octanol–water partition coefficient (Wildman–Crippen LogP) is 1.47. The van der Waals surface area contributed by atoms with Crippen LogP contribution in [0, 0.1) is 0 Å². The summed E-state index contributed by atoms with van der Waals surface area (Å²) in [5.74, 6) is -0.309. The fourth-order valence-electron chi connectivity index (χ4n) is 2.60. The van der Waals surface area contributed by atoms with Crippen molar-refractivity contribution in [2.24, 2.45) is 0 Å². The number of hydrogen-bond donors (Lipinski definition) is 1. The zero-order chi connectivity index (χ0) is 14.8. The molecule has 1 aliphatic rings. The number of imide groups is 1. The third-order valence-electron chi connectivity index (χ3n) is 3.78. The van der Waals surface area contributed by atoms with Gasteiger partial charge in [-0.25, -0.2) is 0 Å². The van der Waals surface area contributed by atoms with Crippen LogP contribution in [0.3, 0.4) is 0 Å². The van der Waals surface area contributed by atoms with Crippen molar-refractivity contribution >= 4 is 22.7 Å². The number of carbonyl (C=O) groups is 2. The summed E-state index contributed by atoms with van der Waals surface area (Å²) in [6.45, 7) is 2.48. The first-order valence-corrected chi connectivity index (χ1v) is 7.10. The molecule has 0 spiro atoms. The van der Waals surface area contributed by atoms with Crippen LogP contribution in [0.1, 0.15) is 18.9 Å². The van der Waals surface area contributed by atoms with E-state index >= 15 is 0 Å². The van der Waals surface area contributed by atoms with E-state index in [9.17, 15) is 9.59 Å². The van der Waals surface area contributed by atoms with Crippen LogP contribution in [-0.4, -0.2) is 34.3 Å². The van der Waals surface area contributed by atoms with Gasteiger partial charge in [-0.1, -0.05) is 19.1 Å². The number of rotatable bonds is 3. The zero-order valence-electron chi connectivity index (χ0n) is 11.9. The van der Waals surface area contributed by atoms with E-state index in [0.29, 0.717) is 13.0 Å². The van der Waals surface area contributed by atoms with Crippen LogP contribution < -0.4 is 5.32 Å². The average Bonchev–Trinajstić information content (AvgIpc) is 2.51. The molecule has 3 rings (SSSR count). The molecule has 5 nitrogen and oxygen atoms in total. The maximum atomic E-state index is 12.3. The number of fused-ring (bicyclic) bond motifs is 1. The Morgan fingerprint density at radius 3 is 3.00 bits per heavy atom. The molecular formula is C16H17N3O2. The SMILES string of the molecule is CCC1NCC(=O)N(Cc2ccc3ncccc3c2)C1=O. The summed E-state index contributed by atoms with van der Waals surface area (Å²) in [6, 6.07) is 9.40. The third-order valence-corrected chi connectivity index (χ3v) is 3.78. The summed E-state index contributed by atoms with van der Waals surface area (Å²) in [7, 11) is 0. The van der Waals surface area contributed by atoms with Crippen molar-refractivity contribution in [1.29, 1.82) is 0 Å². The van der Waals surface area contributed by atoms with Gasteiger partial charge in [0.25, 0.3) is 0 Å². The van der Waals surface area contributed by atoms with E-state index in [2.05, 4.69) is 10.3 Å². The Labute approximate surface area is 123 Å². The average molecular weight is 283 g/mol. The molecule has 1 N–H and O–H groups in total. The van der Waals surface area contributed by atoms with Crippen molar-refractivity contribution in [2.45, 2.75) is 25.9 Å². The molecular weight excluding hydrogens is 266 g/mol. The number of piperazine rings is 1. The molecule has 21 heavy (non-hydrogen) atoms. The smallest absolute Gasteiger partial charge is 0.246 e. The minimum Gasteiger partial charge on any atom is -0.297 e. The molecule has 1 aromatic heterocycles. The van der Waals surface area contributed by atoms with Gasteiger partial charge in [0.2, 0.25) is 11.8 Å². The summed E-state index contributed by atoms with van der Waals surface area (Å²) in [4.78, 5) is 29.8. The van der Waals surface area contributed by atoms with Crippen LogP contribution in [-0.2, 0) is 16.1 Å². The molecule has 0 saturated carbocycles. The van der Waals surface area contributed by atoms with E-state index in [1.165, 1.54) is 4.90 Å². The van der Waals surface area contributed by atoms with Crippen LogP contribution in [0.4, 0.5) is 0 Å². The highest BCUT2D eigenvalue weighted by Gasteiger charge is 2.32. The molecule has 2 aromatic rings. The van der Waals surface area contributed by atoms with Crippen LogP contribution in [0.25, 0.3) is 10.9 Å². The van der Waals surface area contributed by atoms with Crippen LogP contribution in [0.5, 0.6) is 0 Å². The number of nitrogens with one attached hydrogen (secondary N) is 1. The summed E-state index contributed by atoms with van der Waals surface area (Å²) in [5, 5.41) is 3.97. The first kappa shape index (κ1) is 13.7.